The maximum atomic E-state index is 5.84. The minimum atomic E-state index is 0.460. The Labute approximate surface area is 179 Å². The number of nitrogens with one attached hydrogen (secondary N) is 2. The average Bonchev–Trinajstić information content (AvgIpc) is 3.22. The Hall–Kier alpha value is -2.12. The first-order valence-corrected chi connectivity index (χ1v) is 11.3. The summed E-state index contributed by atoms with van der Waals surface area (Å²) < 4.78 is 5.84. The van der Waals surface area contributed by atoms with Crippen LogP contribution < -0.4 is 15.4 Å². The van der Waals surface area contributed by atoms with Gasteiger partial charge in [0.15, 0.2) is 5.96 Å². The third-order valence-electron chi connectivity index (χ3n) is 4.75. The minimum Gasteiger partial charge on any atom is -0.492 e. The van der Waals surface area contributed by atoms with Crippen molar-refractivity contribution in [3.63, 3.8) is 0 Å². The van der Waals surface area contributed by atoms with Crippen molar-refractivity contribution in [2.45, 2.75) is 46.7 Å². The van der Waals surface area contributed by atoms with Crippen LogP contribution in [-0.4, -0.2) is 49.1 Å². The Morgan fingerprint density at radius 1 is 1.14 bits per heavy atom. The van der Waals surface area contributed by atoms with Crippen molar-refractivity contribution in [3.05, 3.63) is 45.9 Å². The standard InChI is InChI=1S/C22H35N5OS/c1-6-27(7-2)12-13-28-19-10-8-18(9-11-19)14-24-22(23-5)25-15-21-26-20(16-29-21)17(3)4/h8-11,16-17H,6-7,12-15H2,1-5H3,(H2,23,24,25). The molecule has 2 aromatic rings. The van der Waals surface area contributed by atoms with Gasteiger partial charge in [-0.05, 0) is 36.7 Å². The lowest BCUT2D eigenvalue weighted by Crippen LogP contribution is -2.36. The van der Waals surface area contributed by atoms with E-state index in [1.165, 1.54) is 5.56 Å². The molecular formula is C22H35N5OS. The molecule has 1 aromatic carbocycles. The van der Waals surface area contributed by atoms with E-state index in [1.54, 1.807) is 18.4 Å². The fourth-order valence-electron chi connectivity index (χ4n) is 2.77. The minimum absolute atomic E-state index is 0.460. The van der Waals surface area contributed by atoms with E-state index < -0.39 is 0 Å². The van der Waals surface area contributed by atoms with Gasteiger partial charge < -0.3 is 20.3 Å². The summed E-state index contributed by atoms with van der Waals surface area (Å²) in [4.78, 5) is 11.3. The van der Waals surface area contributed by atoms with Crippen molar-refractivity contribution in [2.75, 3.05) is 33.3 Å². The van der Waals surface area contributed by atoms with Gasteiger partial charge in [0.25, 0.3) is 0 Å². The van der Waals surface area contributed by atoms with Gasteiger partial charge >= 0.3 is 0 Å². The van der Waals surface area contributed by atoms with Crippen molar-refractivity contribution in [1.82, 2.24) is 20.5 Å². The van der Waals surface area contributed by atoms with E-state index >= 15 is 0 Å². The molecule has 7 heteroatoms. The molecule has 0 atom stereocenters. The van der Waals surface area contributed by atoms with Crippen molar-refractivity contribution >= 4 is 17.3 Å². The molecule has 2 N–H and O–H groups in total. The summed E-state index contributed by atoms with van der Waals surface area (Å²) in [7, 11) is 1.78. The number of benzene rings is 1. The van der Waals surface area contributed by atoms with E-state index in [2.05, 4.69) is 70.7 Å². The van der Waals surface area contributed by atoms with Crippen molar-refractivity contribution in [1.29, 1.82) is 0 Å². The van der Waals surface area contributed by atoms with Crippen LogP contribution in [0.2, 0.25) is 0 Å². The Bertz CT molecular complexity index is 738. The van der Waals surface area contributed by atoms with Crippen LogP contribution in [0, 0.1) is 0 Å². The maximum absolute atomic E-state index is 5.84. The molecule has 29 heavy (non-hydrogen) atoms. The molecule has 0 aliphatic carbocycles. The highest BCUT2D eigenvalue weighted by Gasteiger charge is 2.06. The number of likely N-dealkylation sites (N-methyl/N-ethyl adjacent to an activating group) is 1. The van der Waals surface area contributed by atoms with E-state index in [4.69, 9.17) is 4.74 Å². The monoisotopic (exact) mass is 417 g/mol. The maximum Gasteiger partial charge on any atom is 0.191 e. The summed E-state index contributed by atoms with van der Waals surface area (Å²) in [6.07, 6.45) is 0. The zero-order valence-electron chi connectivity index (χ0n) is 18.4. The molecule has 0 aliphatic rings. The lowest BCUT2D eigenvalue weighted by atomic mass is 10.2. The summed E-state index contributed by atoms with van der Waals surface area (Å²) in [5.74, 6) is 2.14. The van der Waals surface area contributed by atoms with Gasteiger partial charge in [-0.1, -0.05) is 39.8 Å². The molecule has 1 aromatic heterocycles. The van der Waals surface area contributed by atoms with Crippen molar-refractivity contribution in [3.8, 4) is 5.75 Å². The third kappa shape index (κ3) is 8.03. The second kappa shape index (κ2) is 12.4. The normalized spacial score (nSPS) is 11.9. The molecule has 2 rings (SSSR count). The first kappa shape index (κ1) is 23.2. The summed E-state index contributed by atoms with van der Waals surface area (Å²) >= 11 is 1.68. The molecule has 0 unspecified atom stereocenters. The van der Waals surface area contributed by atoms with Crippen molar-refractivity contribution in [2.24, 2.45) is 4.99 Å². The van der Waals surface area contributed by atoms with Crippen LogP contribution in [0.15, 0.2) is 34.6 Å². The van der Waals surface area contributed by atoms with Gasteiger partial charge in [0.05, 0.1) is 12.2 Å². The number of aliphatic imine (C=N–C) groups is 1. The fourth-order valence-corrected chi connectivity index (χ4v) is 3.67. The van der Waals surface area contributed by atoms with E-state index in [0.29, 0.717) is 25.6 Å². The Kier molecular flexibility index (Phi) is 9.94. The zero-order valence-corrected chi connectivity index (χ0v) is 19.2. The molecule has 0 aliphatic heterocycles. The third-order valence-corrected chi connectivity index (χ3v) is 5.61. The molecule has 0 bridgehead atoms. The Morgan fingerprint density at radius 3 is 2.41 bits per heavy atom. The zero-order chi connectivity index (χ0) is 21.1. The van der Waals surface area contributed by atoms with E-state index in [0.717, 1.165) is 42.0 Å². The van der Waals surface area contributed by atoms with Crippen LogP contribution in [0.25, 0.3) is 0 Å². The number of hydrogen-bond donors (Lipinski definition) is 2. The Morgan fingerprint density at radius 2 is 1.83 bits per heavy atom. The molecule has 0 amide bonds. The second-order valence-corrected chi connectivity index (χ2v) is 8.06. The molecule has 6 nitrogen and oxygen atoms in total. The molecule has 0 saturated carbocycles. The number of ether oxygens (including phenoxy) is 1. The van der Waals surface area contributed by atoms with Crippen LogP contribution in [0.5, 0.6) is 5.75 Å². The lowest BCUT2D eigenvalue weighted by molar-refractivity contribution is 0.223. The molecular weight excluding hydrogens is 382 g/mol. The highest BCUT2D eigenvalue weighted by molar-refractivity contribution is 7.09. The Balaban J connectivity index is 1.74. The van der Waals surface area contributed by atoms with Crippen LogP contribution in [0.4, 0.5) is 0 Å². The highest BCUT2D eigenvalue weighted by Crippen LogP contribution is 2.17. The quantitative estimate of drug-likeness (QED) is 0.429. The first-order chi connectivity index (χ1) is 14.0. The summed E-state index contributed by atoms with van der Waals surface area (Å²) in [5.41, 5.74) is 2.33. The molecule has 0 radical (unpaired) electrons. The number of rotatable bonds is 11. The van der Waals surface area contributed by atoms with E-state index in [1.807, 2.05) is 12.1 Å². The average molecular weight is 418 g/mol. The smallest absolute Gasteiger partial charge is 0.191 e. The molecule has 0 spiro atoms. The van der Waals surface area contributed by atoms with Gasteiger partial charge in [-0.3, -0.25) is 4.99 Å². The van der Waals surface area contributed by atoms with E-state index in [9.17, 15) is 0 Å². The van der Waals surface area contributed by atoms with Gasteiger partial charge in [-0.25, -0.2) is 4.98 Å². The van der Waals surface area contributed by atoms with Crippen LogP contribution in [-0.2, 0) is 13.1 Å². The number of guanidine groups is 1. The number of hydrogen-bond acceptors (Lipinski definition) is 5. The van der Waals surface area contributed by atoms with Gasteiger partial charge in [-0.15, -0.1) is 11.3 Å². The fraction of sp³-hybridized carbons (Fsp3) is 0.545. The molecule has 0 saturated heterocycles. The second-order valence-electron chi connectivity index (χ2n) is 7.12. The van der Waals surface area contributed by atoms with Crippen LogP contribution in [0.1, 0.15) is 49.9 Å². The molecule has 1 heterocycles. The van der Waals surface area contributed by atoms with Crippen LogP contribution in [0.3, 0.4) is 0 Å². The van der Waals surface area contributed by atoms with Crippen molar-refractivity contribution < 1.29 is 4.74 Å². The van der Waals surface area contributed by atoms with Gasteiger partial charge in [0.2, 0.25) is 0 Å². The number of thiazole rings is 1. The highest BCUT2D eigenvalue weighted by atomic mass is 32.1. The summed E-state index contributed by atoms with van der Waals surface area (Å²) in [6, 6.07) is 8.22. The van der Waals surface area contributed by atoms with E-state index in [-0.39, 0.29) is 0 Å². The van der Waals surface area contributed by atoms with Crippen LogP contribution >= 0.6 is 11.3 Å². The predicted molar refractivity (Wildman–Crippen MR) is 123 cm³/mol. The predicted octanol–water partition coefficient (Wildman–Crippen LogP) is 3.85. The lowest BCUT2D eigenvalue weighted by Gasteiger charge is -2.18. The molecule has 160 valence electrons. The first-order valence-electron chi connectivity index (χ1n) is 10.4. The topological polar surface area (TPSA) is 61.8 Å². The number of aromatic nitrogens is 1. The largest absolute Gasteiger partial charge is 0.492 e. The van der Waals surface area contributed by atoms with Gasteiger partial charge in [0, 0.05) is 25.5 Å². The SMILES string of the molecule is CCN(CC)CCOc1ccc(CNC(=NC)NCc2nc(C(C)C)cs2)cc1. The summed E-state index contributed by atoms with van der Waals surface area (Å²) in [6.45, 7) is 13.8. The summed E-state index contributed by atoms with van der Waals surface area (Å²) in [5, 5.41) is 9.87. The van der Waals surface area contributed by atoms with Gasteiger partial charge in [0.1, 0.15) is 17.4 Å². The van der Waals surface area contributed by atoms with Gasteiger partial charge in [-0.2, -0.15) is 0 Å². The number of nitrogens with zero attached hydrogens (tertiary/aromatic N) is 3. The molecule has 0 fully saturated rings.